The van der Waals surface area contributed by atoms with Crippen LogP contribution in [0.4, 0.5) is 0 Å². The van der Waals surface area contributed by atoms with Crippen LogP contribution in [0.2, 0.25) is 0 Å². The van der Waals surface area contributed by atoms with Gasteiger partial charge in [-0.1, -0.05) is 5.16 Å². The van der Waals surface area contributed by atoms with Crippen molar-refractivity contribution in [2.45, 2.75) is 25.8 Å². The van der Waals surface area contributed by atoms with Crippen molar-refractivity contribution in [2.24, 2.45) is 16.8 Å². The predicted octanol–water partition coefficient (Wildman–Crippen LogP) is -0.163. The summed E-state index contributed by atoms with van der Waals surface area (Å²) in [5.41, 5.74) is 8.52. The molecule has 2 N–H and O–H groups in total. The monoisotopic (exact) mass is 234 g/mol. The summed E-state index contributed by atoms with van der Waals surface area (Å²) in [5.74, 6) is -0.300. The maximum atomic E-state index is 11.3. The largest absolute Gasteiger partial charge is 0.394 e. The third-order valence-corrected chi connectivity index (χ3v) is 3.40. The van der Waals surface area contributed by atoms with Gasteiger partial charge in [-0.25, -0.2) is 0 Å². The zero-order valence-electron chi connectivity index (χ0n) is 9.43. The third-order valence-electron chi connectivity index (χ3n) is 3.40. The second kappa shape index (κ2) is 3.87. The summed E-state index contributed by atoms with van der Waals surface area (Å²) in [6.45, 7) is 1.23. The van der Waals surface area contributed by atoms with E-state index in [-0.39, 0.29) is 11.8 Å². The summed E-state index contributed by atoms with van der Waals surface area (Å²) < 4.78 is 1.91. The van der Waals surface area contributed by atoms with E-state index in [0.717, 1.165) is 29.8 Å². The molecule has 0 fully saturated rings. The highest BCUT2D eigenvalue weighted by atomic mass is 16.6. The van der Waals surface area contributed by atoms with Gasteiger partial charge in [0.15, 0.2) is 0 Å². The molecule has 17 heavy (non-hydrogen) atoms. The zero-order valence-corrected chi connectivity index (χ0v) is 9.43. The van der Waals surface area contributed by atoms with Gasteiger partial charge in [-0.05, 0) is 19.3 Å². The smallest absolute Gasteiger partial charge is 0.220 e. The Hall–Kier alpha value is -1.85. The van der Waals surface area contributed by atoms with Crippen molar-refractivity contribution in [2.75, 3.05) is 6.61 Å². The molecule has 2 heterocycles. The Bertz CT molecular complexity index is 492. The predicted molar refractivity (Wildman–Crippen MR) is 60.5 cm³/mol. The number of oxime groups is 1. The van der Waals surface area contributed by atoms with Crippen molar-refractivity contribution in [3.05, 3.63) is 17.0 Å². The highest BCUT2D eigenvalue weighted by Crippen LogP contribution is 2.27. The second-order valence-corrected chi connectivity index (χ2v) is 4.44. The molecular formula is C11H14N4O2. The minimum atomic E-state index is -0.225. The Kier molecular flexibility index (Phi) is 2.35. The molecule has 1 atom stereocenters. The van der Waals surface area contributed by atoms with Gasteiger partial charge in [-0.2, -0.15) is 5.10 Å². The van der Waals surface area contributed by atoms with Crippen LogP contribution in [0, 0.1) is 5.92 Å². The first kappa shape index (κ1) is 10.3. The number of amides is 1. The lowest BCUT2D eigenvalue weighted by molar-refractivity contribution is -0.122. The molecule has 1 unspecified atom stereocenters. The van der Waals surface area contributed by atoms with E-state index >= 15 is 0 Å². The molecule has 0 spiro atoms. The first-order chi connectivity index (χ1) is 8.25. The molecular weight excluding hydrogens is 220 g/mol. The number of hydrogen-bond acceptors (Lipinski definition) is 4. The van der Waals surface area contributed by atoms with E-state index in [1.807, 2.05) is 4.68 Å². The van der Waals surface area contributed by atoms with Crippen molar-refractivity contribution in [1.82, 2.24) is 9.78 Å². The van der Waals surface area contributed by atoms with Gasteiger partial charge >= 0.3 is 0 Å². The molecule has 1 aromatic rings. The summed E-state index contributed by atoms with van der Waals surface area (Å²) in [6, 6.07) is 0. The maximum absolute atomic E-state index is 11.3. The zero-order chi connectivity index (χ0) is 11.8. The van der Waals surface area contributed by atoms with E-state index in [2.05, 4.69) is 10.3 Å². The molecule has 6 nitrogen and oxygen atoms in total. The van der Waals surface area contributed by atoms with Crippen LogP contribution in [0.1, 0.15) is 23.4 Å². The number of carbonyl (C=O) groups is 1. The van der Waals surface area contributed by atoms with E-state index in [1.165, 1.54) is 0 Å². The Balaban J connectivity index is 2.00. The van der Waals surface area contributed by atoms with Crippen LogP contribution in [-0.2, 0) is 29.0 Å². The van der Waals surface area contributed by atoms with Gasteiger partial charge in [-0.15, -0.1) is 0 Å². The maximum Gasteiger partial charge on any atom is 0.220 e. The first-order valence-electron chi connectivity index (χ1n) is 5.79. The van der Waals surface area contributed by atoms with Crippen molar-refractivity contribution in [1.29, 1.82) is 0 Å². The molecule has 1 amide bonds. The van der Waals surface area contributed by atoms with E-state index in [4.69, 9.17) is 10.6 Å². The van der Waals surface area contributed by atoms with Crippen LogP contribution in [0.5, 0.6) is 0 Å². The van der Waals surface area contributed by atoms with E-state index in [9.17, 15) is 4.79 Å². The quantitative estimate of drug-likeness (QED) is 0.732. The Morgan fingerprint density at radius 1 is 1.59 bits per heavy atom. The Morgan fingerprint density at radius 2 is 2.47 bits per heavy atom. The molecule has 0 bridgehead atoms. The van der Waals surface area contributed by atoms with Gasteiger partial charge in [-0.3, -0.25) is 9.48 Å². The van der Waals surface area contributed by atoms with Crippen molar-refractivity contribution < 1.29 is 9.63 Å². The van der Waals surface area contributed by atoms with E-state index in [0.29, 0.717) is 19.6 Å². The van der Waals surface area contributed by atoms with Gasteiger partial charge in [0.05, 0.1) is 24.1 Å². The van der Waals surface area contributed by atoms with Crippen LogP contribution in [0.15, 0.2) is 5.16 Å². The number of primary amides is 1. The number of hydrogen-bond donors (Lipinski definition) is 1. The van der Waals surface area contributed by atoms with Crippen LogP contribution < -0.4 is 5.73 Å². The summed E-state index contributed by atoms with van der Waals surface area (Å²) in [5, 5.41) is 8.40. The number of carbonyl (C=O) groups excluding carboxylic acids is 1. The number of rotatable bonds is 1. The van der Waals surface area contributed by atoms with Gasteiger partial charge in [0.1, 0.15) is 6.61 Å². The van der Waals surface area contributed by atoms with Crippen LogP contribution >= 0.6 is 0 Å². The standard InChI is InChI=1S/C11H14N4O2/c12-11(16)7-1-2-9-8(5-7)10-6-13-17-4-3-15(10)14-9/h6-7H,1-5H2,(H2,12,16). The average molecular weight is 234 g/mol. The van der Waals surface area contributed by atoms with Crippen LogP contribution in [0.25, 0.3) is 0 Å². The molecule has 0 saturated heterocycles. The third kappa shape index (κ3) is 1.69. The van der Waals surface area contributed by atoms with Crippen molar-refractivity contribution in [3.8, 4) is 0 Å². The molecule has 0 radical (unpaired) electrons. The van der Waals surface area contributed by atoms with Gasteiger partial charge in [0.25, 0.3) is 0 Å². The minimum absolute atomic E-state index is 0.0750. The van der Waals surface area contributed by atoms with Crippen LogP contribution in [-0.4, -0.2) is 28.5 Å². The molecule has 0 saturated carbocycles. The lowest BCUT2D eigenvalue weighted by atomic mass is 9.86. The number of fused-ring (bicyclic) bond motifs is 3. The topological polar surface area (TPSA) is 82.5 Å². The Labute approximate surface area is 98.4 Å². The lowest BCUT2D eigenvalue weighted by Gasteiger charge is -2.18. The van der Waals surface area contributed by atoms with E-state index in [1.54, 1.807) is 6.21 Å². The molecule has 1 aliphatic heterocycles. The average Bonchev–Trinajstić information content (AvgIpc) is 2.51. The highest BCUT2D eigenvalue weighted by Gasteiger charge is 2.28. The number of nitrogens with two attached hydrogens (primary N) is 1. The number of aryl methyl sites for hydroxylation is 1. The van der Waals surface area contributed by atoms with Crippen molar-refractivity contribution >= 4 is 12.1 Å². The normalized spacial score (nSPS) is 22.2. The molecule has 0 aromatic carbocycles. The summed E-state index contributed by atoms with van der Waals surface area (Å²) >= 11 is 0. The van der Waals surface area contributed by atoms with Gasteiger partial charge < -0.3 is 10.6 Å². The fourth-order valence-corrected chi connectivity index (χ4v) is 2.47. The Morgan fingerprint density at radius 3 is 3.29 bits per heavy atom. The van der Waals surface area contributed by atoms with Crippen LogP contribution in [0.3, 0.4) is 0 Å². The van der Waals surface area contributed by atoms with Gasteiger partial charge in [0, 0.05) is 11.5 Å². The molecule has 1 aliphatic carbocycles. The molecule has 6 heteroatoms. The highest BCUT2D eigenvalue weighted by molar-refractivity contribution is 5.82. The fourth-order valence-electron chi connectivity index (χ4n) is 2.47. The summed E-state index contributed by atoms with van der Waals surface area (Å²) in [7, 11) is 0. The fraction of sp³-hybridized carbons (Fsp3) is 0.545. The summed E-state index contributed by atoms with van der Waals surface area (Å²) in [6.07, 6.45) is 3.97. The number of nitrogens with zero attached hydrogens (tertiary/aromatic N) is 3. The SMILES string of the molecule is NC(=O)C1CCc2nn3c(c2C1)C=NOCC3. The lowest BCUT2D eigenvalue weighted by Crippen LogP contribution is -2.28. The molecule has 1 aromatic heterocycles. The number of aromatic nitrogens is 2. The molecule has 3 rings (SSSR count). The first-order valence-corrected chi connectivity index (χ1v) is 5.79. The minimum Gasteiger partial charge on any atom is -0.394 e. The summed E-state index contributed by atoms with van der Waals surface area (Å²) in [4.78, 5) is 16.3. The van der Waals surface area contributed by atoms with Gasteiger partial charge in [0.2, 0.25) is 5.91 Å². The van der Waals surface area contributed by atoms with E-state index < -0.39 is 0 Å². The second-order valence-electron chi connectivity index (χ2n) is 4.44. The molecule has 90 valence electrons. The van der Waals surface area contributed by atoms with Crippen molar-refractivity contribution in [3.63, 3.8) is 0 Å². The molecule has 2 aliphatic rings.